The zero-order valence-corrected chi connectivity index (χ0v) is 13.3. The third kappa shape index (κ3) is 16.1. The monoisotopic (exact) mass is 289 g/mol. The fourth-order valence-corrected chi connectivity index (χ4v) is 1.29. The standard InChI is InChI=1S/C18H27NO2/c1-4-5-6-7-8-9-10-11-12-13-14-15-17(20)19-16-18(2,3)21/h4-9,12-15,21H,10-11,16H2,1-3H3,(H,19,20)/b5-4+,7-6+,9-8-,13-12+,15-14+. The smallest absolute Gasteiger partial charge is 0.244 e. The second kappa shape index (κ2) is 11.9. The highest BCUT2D eigenvalue weighted by Crippen LogP contribution is 1.97. The second-order valence-electron chi connectivity index (χ2n) is 5.23. The van der Waals surface area contributed by atoms with Crippen LogP contribution in [0.4, 0.5) is 0 Å². The molecule has 0 aliphatic rings. The predicted molar refractivity (Wildman–Crippen MR) is 89.9 cm³/mol. The van der Waals surface area contributed by atoms with Crippen LogP contribution in [0, 0.1) is 0 Å². The maximum atomic E-state index is 11.4. The largest absolute Gasteiger partial charge is 0.389 e. The number of rotatable bonds is 9. The van der Waals surface area contributed by atoms with Gasteiger partial charge in [0, 0.05) is 12.6 Å². The van der Waals surface area contributed by atoms with Crippen LogP contribution in [0.25, 0.3) is 0 Å². The normalized spacial score (nSPS) is 13.5. The molecule has 1 amide bonds. The van der Waals surface area contributed by atoms with Crippen molar-refractivity contribution in [2.45, 2.75) is 39.2 Å². The molecule has 0 unspecified atom stereocenters. The van der Waals surface area contributed by atoms with Crippen LogP contribution >= 0.6 is 0 Å². The van der Waals surface area contributed by atoms with Gasteiger partial charge >= 0.3 is 0 Å². The molecule has 0 atom stereocenters. The van der Waals surface area contributed by atoms with Gasteiger partial charge in [-0.15, -0.1) is 0 Å². The minimum absolute atomic E-state index is 0.198. The van der Waals surface area contributed by atoms with Crippen molar-refractivity contribution in [3.8, 4) is 0 Å². The molecule has 116 valence electrons. The third-order valence-corrected chi connectivity index (χ3v) is 2.35. The predicted octanol–water partition coefficient (Wildman–Crippen LogP) is 3.45. The van der Waals surface area contributed by atoms with E-state index in [9.17, 15) is 9.90 Å². The minimum Gasteiger partial charge on any atom is -0.389 e. The van der Waals surface area contributed by atoms with Crippen LogP contribution in [0.3, 0.4) is 0 Å². The molecule has 0 aromatic heterocycles. The molecule has 0 rings (SSSR count). The van der Waals surface area contributed by atoms with E-state index in [0.717, 1.165) is 12.8 Å². The molecule has 0 saturated heterocycles. The molecule has 0 bridgehead atoms. The summed E-state index contributed by atoms with van der Waals surface area (Å²) in [6.07, 6.45) is 21.0. The first-order valence-electron chi connectivity index (χ1n) is 7.23. The molecule has 0 aliphatic heterocycles. The Balaban J connectivity index is 3.76. The number of hydrogen-bond acceptors (Lipinski definition) is 2. The highest BCUT2D eigenvalue weighted by atomic mass is 16.3. The van der Waals surface area contributed by atoms with Crippen LogP contribution in [0.15, 0.2) is 60.8 Å². The summed E-state index contributed by atoms with van der Waals surface area (Å²) >= 11 is 0. The van der Waals surface area contributed by atoms with Gasteiger partial charge in [-0.05, 0) is 33.6 Å². The summed E-state index contributed by atoms with van der Waals surface area (Å²) in [5.41, 5.74) is -0.882. The molecule has 3 nitrogen and oxygen atoms in total. The van der Waals surface area contributed by atoms with Crippen molar-refractivity contribution < 1.29 is 9.90 Å². The van der Waals surface area contributed by atoms with Crippen LogP contribution in [-0.4, -0.2) is 23.2 Å². The van der Waals surface area contributed by atoms with Crippen LogP contribution in [-0.2, 0) is 4.79 Å². The van der Waals surface area contributed by atoms with Gasteiger partial charge in [0.15, 0.2) is 0 Å². The summed E-state index contributed by atoms with van der Waals surface area (Å²) in [7, 11) is 0. The first-order valence-corrected chi connectivity index (χ1v) is 7.23. The second-order valence-corrected chi connectivity index (χ2v) is 5.23. The minimum atomic E-state index is -0.882. The first-order chi connectivity index (χ1) is 9.95. The summed E-state index contributed by atoms with van der Waals surface area (Å²) in [4.78, 5) is 11.4. The fourth-order valence-electron chi connectivity index (χ4n) is 1.29. The molecule has 0 heterocycles. The summed E-state index contributed by atoms with van der Waals surface area (Å²) in [6.45, 7) is 5.53. The number of hydrogen-bond donors (Lipinski definition) is 2. The zero-order valence-electron chi connectivity index (χ0n) is 13.3. The summed E-state index contributed by atoms with van der Waals surface area (Å²) in [5.74, 6) is -0.198. The third-order valence-electron chi connectivity index (χ3n) is 2.35. The fraction of sp³-hybridized carbons (Fsp3) is 0.389. The number of carbonyl (C=O) groups is 1. The van der Waals surface area contributed by atoms with E-state index >= 15 is 0 Å². The number of allylic oxidation sites excluding steroid dienone is 9. The molecular weight excluding hydrogens is 262 g/mol. The number of carbonyl (C=O) groups excluding carboxylic acids is 1. The van der Waals surface area contributed by atoms with E-state index in [1.165, 1.54) is 6.08 Å². The lowest BCUT2D eigenvalue weighted by Gasteiger charge is -2.16. The average molecular weight is 289 g/mol. The summed E-state index contributed by atoms with van der Waals surface area (Å²) in [6, 6.07) is 0. The van der Waals surface area contributed by atoms with Crippen LogP contribution in [0.1, 0.15) is 33.6 Å². The van der Waals surface area contributed by atoms with E-state index in [2.05, 4.69) is 11.4 Å². The highest BCUT2D eigenvalue weighted by molar-refractivity contribution is 5.87. The van der Waals surface area contributed by atoms with Gasteiger partial charge in [-0.25, -0.2) is 0 Å². The van der Waals surface area contributed by atoms with E-state index in [1.54, 1.807) is 19.9 Å². The van der Waals surface area contributed by atoms with Crippen molar-refractivity contribution in [2.75, 3.05) is 6.54 Å². The maximum absolute atomic E-state index is 11.4. The van der Waals surface area contributed by atoms with Crippen molar-refractivity contribution in [2.24, 2.45) is 0 Å². The summed E-state index contributed by atoms with van der Waals surface area (Å²) < 4.78 is 0. The first kappa shape index (κ1) is 19.1. The van der Waals surface area contributed by atoms with Gasteiger partial charge < -0.3 is 10.4 Å². The molecular formula is C18H27NO2. The Labute approximate surface area is 128 Å². The zero-order chi connectivity index (χ0) is 16.0. The van der Waals surface area contributed by atoms with Crippen LogP contribution < -0.4 is 5.32 Å². The lowest BCUT2D eigenvalue weighted by molar-refractivity contribution is -0.117. The van der Waals surface area contributed by atoms with Crippen molar-refractivity contribution in [1.29, 1.82) is 0 Å². The van der Waals surface area contributed by atoms with Gasteiger partial charge in [0.05, 0.1) is 5.60 Å². The molecule has 21 heavy (non-hydrogen) atoms. The van der Waals surface area contributed by atoms with E-state index in [1.807, 2.05) is 49.5 Å². The lowest BCUT2D eigenvalue weighted by atomic mass is 10.1. The van der Waals surface area contributed by atoms with Gasteiger partial charge in [0.1, 0.15) is 0 Å². The SMILES string of the molecule is C/C=C/C=C/C=C\CC/C=C/C=C/C(=O)NCC(C)(C)O. The average Bonchev–Trinajstić information content (AvgIpc) is 2.42. The molecule has 0 aromatic carbocycles. The Hall–Kier alpha value is -1.87. The Morgan fingerprint density at radius 3 is 2.14 bits per heavy atom. The quantitative estimate of drug-likeness (QED) is 0.388. The molecule has 0 radical (unpaired) electrons. The molecule has 0 aliphatic carbocycles. The van der Waals surface area contributed by atoms with Crippen molar-refractivity contribution in [3.05, 3.63) is 60.8 Å². The molecule has 0 aromatic rings. The van der Waals surface area contributed by atoms with Crippen molar-refractivity contribution >= 4 is 5.91 Å². The van der Waals surface area contributed by atoms with Crippen molar-refractivity contribution in [1.82, 2.24) is 5.32 Å². The lowest BCUT2D eigenvalue weighted by Crippen LogP contribution is -2.37. The van der Waals surface area contributed by atoms with E-state index in [0.29, 0.717) is 0 Å². The van der Waals surface area contributed by atoms with Gasteiger partial charge in [-0.2, -0.15) is 0 Å². The van der Waals surface area contributed by atoms with Crippen LogP contribution in [0.2, 0.25) is 0 Å². The Kier molecular flexibility index (Phi) is 10.9. The van der Waals surface area contributed by atoms with Gasteiger partial charge in [0.25, 0.3) is 0 Å². The Morgan fingerprint density at radius 2 is 1.57 bits per heavy atom. The molecule has 3 heteroatoms. The number of amides is 1. The Bertz CT molecular complexity index is 421. The van der Waals surface area contributed by atoms with Crippen molar-refractivity contribution in [3.63, 3.8) is 0 Å². The topological polar surface area (TPSA) is 49.3 Å². The van der Waals surface area contributed by atoms with Crippen LogP contribution in [0.5, 0.6) is 0 Å². The van der Waals surface area contributed by atoms with E-state index < -0.39 is 5.60 Å². The van der Waals surface area contributed by atoms with E-state index in [-0.39, 0.29) is 12.5 Å². The Morgan fingerprint density at radius 1 is 1.00 bits per heavy atom. The van der Waals surface area contributed by atoms with Gasteiger partial charge in [0.2, 0.25) is 5.91 Å². The number of nitrogens with one attached hydrogen (secondary N) is 1. The molecule has 0 spiro atoms. The number of unbranched alkanes of at least 4 members (excludes halogenated alkanes) is 1. The molecule has 2 N–H and O–H groups in total. The maximum Gasteiger partial charge on any atom is 0.244 e. The summed E-state index contributed by atoms with van der Waals surface area (Å²) in [5, 5.41) is 12.1. The number of aliphatic hydroxyl groups is 1. The van der Waals surface area contributed by atoms with Gasteiger partial charge in [-0.3, -0.25) is 4.79 Å². The highest BCUT2D eigenvalue weighted by Gasteiger charge is 2.12. The van der Waals surface area contributed by atoms with E-state index in [4.69, 9.17) is 0 Å². The van der Waals surface area contributed by atoms with Gasteiger partial charge in [-0.1, -0.05) is 54.7 Å². The molecule has 0 saturated carbocycles. The molecule has 0 fully saturated rings.